The second-order valence-electron chi connectivity index (χ2n) is 6.18. The third-order valence-corrected chi connectivity index (χ3v) is 4.54. The molecule has 1 saturated heterocycles. The van der Waals surface area contributed by atoms with Gasteiger partial charge < -0.3 is 15.4 Å². The second kappa shape index (κ2) is 5.90. The van der Waals surface area contributed by atoms with Crippen molar-refractivity contribution in [1.82, 2.24) is 10.3 Å². The predicted octanol–water partition coefficient (Wildman–Crippen LogP) is 3.18. The molecule has 0 bridgehead atoms. The molecule has 126 valence electrons. The molecule has 1 aromatic heterocycles. The zero-order valence-electron chi connectivity index (χ0n) is 12.4. The highest BCUT2D eigenvalue weighted by molar-refractivity contribution is 5.70. The van der Waals surface area contributed by atoms with Crippen molar-refractivity contribution < 1.29 is 22.7 Å². The predicted molar refractivity (Wildman–Crippen MR) is 76.9 cm³/mol. The van der Waals surface area contributed by atoms with Crippen molar-refractivity contribution in [3.05, 3.63) is 23.9 Å². The number of nitrogens with zero attached hydrogens (tertiary/aromatic N) is 1. The Morgan fingerprint density at radius 2 is 2.09 bits per heavy atom. The van der Waals surface area contributed by atoms with Gasteiger partial charge in [0.2, 0.25) is 0 Å². The van der Waals surface area contributed by atoms with Crippen LogP contribution in [-0.2, 0) is 10.9 Å². The van der Waals surface area contributed by atoms with Crippen molar-refractivity contribution in [3.63, 3.8) is 0 Å². The SMILES string of the molecule is O=C1NC[C@]2(CC[C@@H](CNc3ccc(C(F)(F)F)cn3)CC2)O1. The average Bonchev–Trinajstić information content (AvgIpc) is 2.87. The van der Waals surface area contributed by atoms with E-state index in [1.54, 1.807) is 0 Å². The summed E-state index contributed by atoms with van der Waals surface area (Å²) in [5.41, 5.74) is -1.11. The van der Waals surface area contributed by atoms with Gasteiger partial charge in [-0.15, -0.1) is 0 Å². The maximum absolute atomic E-state index is 12.5. The Bertz CT molecular complexity index is 566. The molecule has 8 heteroatoms. The number of halogens is 3. The minimum absolute atomic E-state index is 0.351. The Labute approximate surface area is 131 Å². The van der Waals surface area contributed by atoms with E-state index in [0.29, 0.717) is 24.8 Å². The van der Waals surface area contributed by atoms with E-state index in [2.05, 4.69) is 15.6 Å². The Morgan fingerprint density at radius 3 is 2.61 bits per heavy atom. The number of anilines is 1. The molecule has 1 saturated carbocycles. The maximum atomic E-state index is 12.5. The number of ether oxygens (including phenoxy) is 1. The van der Waals surface area contributed by atoms with E-state index in [-0.39, 0.29) is 11.7 Å². The van der Waals surface area contributed by atoms with Crippen LogP contribution in [0.3, 0.4) is 0 Å². The summed E-state index contributed by atoms with van der Waals surface area (Å²) in [6.45, 7) is 1.21. The van der Waals surface area contributed by atoms with Crippen LogP contribution in [0.2, 0.25) is 0 Å². The fraction of sp³-hybridized carbons (Fsp3) is 0.600. The summed E-state index contributed by atoms with van der Waals surface area (Å²) < 4.78 is 42.8. The van der Waals surface area contributed by atoms with Gasteiger partial charge in [0.25, 0.3) is 0 Å². The van der Waals surface area contributed by atoms with E-state index in [9.17, 15) is 18.0 Å². The van der Waals surface area contributed by atoms with Crippen molar-refractivity contribution in [2.45, 2.75) is 37.5 Å². The number of hydrogen-bond donors (Lipinski definition) is 2. The molecule has 1 amide bonds. The Balaban J connectivity index is 1.47. The Hall–Kier alpha value is -1.99. The van der Waals surface area contributed by atoms with E-state index in [1.807, 2.05) is 0 Å². The lowest BCUT2D eigenvalue weighted by atomic mass is 9.79. The normalized spacial score (nSPS) is 27.6. The lowest BCUT2D eigenvalue weighted by Gasteiger charge is -2.34. The number of carbonyl (C=O) groups excluding carboxylic acids is 1. The van der Waals surface area contributed by atoms with E-state index in [1.165, 1.54) is 6.07 Å². The van der Waals surface area contributed by atoms with Crippen LogP contribution in [0, 0.1) is 5.92 Å². The number of aromatic nitrogens is 1. The highest BCUT2D eigenvalue weighted by atomic mass is 19.4. The van der Waals surface area contributed by atoms with E-state index >= 15 is 0 Å². The summed E-state index contributed by atoms with van der Waals surface area (Å²) in [4.78, 5) is 15.0. The molecule has 2 N–H and O–H groups in total. The summed E-state index contributed by atoms with van der Waals surface area (Å²) in [5.74, 6) is 0.830. The summed E-state index contributed by atoms with van der Waals surface area (Å²) in [5, 5.41) is 5.77. The third kappa shape index (κ3) is 3.68. The number of amides is 1. The number of rotatable bonds is 3. The fourth-order valence-corrected chi connectivity index (χ4v) is 3.10. The largest absolute Gasteiger partial charge is 0.441 e. The monoisotopic (exact) mass is 329 g/mol. The molecule has 0 unspecified atom stereocenters. The first kappa shape index (κ1) is 15.9. The van der Waals surface area contributed by atoms with E-state index in [0.717, 1.165) is 37.9 Å². The summed E-state index contributed by atoms with van der Waals surface area (Å²) >= 11 is 0. The second-order valence-corrected chi connectivity index (χ2v) is 6.18. The van der Waals surface area contributed by atoms with Gasteiger partial charge in [-0.1, -0.05) is 0 Å². The molecule has 5 nitrogen and oxygen atoms in total. The third-order valence-electron chi connectivity index (χ3n) is 4.54. The molecule has 0 aromatic carbocycles. The van der Waals surface area contributed by atoms with Gasteiger partial charge in [-0.05, 0) is 43.7 Å². The topological polar surface area (TPSA) is 63.2 Å². The van der Waals surface area contributed by atoms with Gasteiger partial charge in [-0.3, -0.25) is 0 Å². The summed E-state index contributed by atoms with van der Waals surface area (Å²) in [6.07, 6.45) is -0.462. The minimum Gasteiger partial charge on any atom is -0.441 e. The molecule has 0 atom stereocenters. The number of carbonyl (C=O) groups is 1. The zero-order chi connectivity index (χ0) is 16.5. The van der Waals surface area contributed by atoms with Crippen LogP contribution in [0.1, 0.15) is 31.2 Å². The van der Waals surface area contributed by atoms with Crippen molar-refractivity contribution in [2.75, 3.05) is 18.4 Å². The van der Waals surface area contributed by atoms with Gasteiger partial charge in [0.15, 0.2) is 0 Å². The van der Waals surface area contributed by atoms with Gasteiger partial charge in [0.05, 0.1) is 12.1 Å². The van der Waals surface area contributed by atoms with Crippen molar-refractivity contribution in [1.29, 1.82) is 0 Å². The standard InChI is InChI=1S/C15H18F3N3O2/c16-15(17,18)11-1-2-12(20-8-11)19-7-10-3-5-14(6-4-10)9-21-13(22)23-14/h1-2,8,10H,3-7,9H2,(H,19,20)(H,21,22)/t10-,14-. The number of pyridine rings is 1. The summed E-state index contributed by atoms with van der Waals surface area (Å²) in [6, 6.07) is 2.37. The first-order chi connectivity index (χ1) is 10.9. The van der Waals surface area contributed by atoms with E-state index in [4.69, 9.17) is 4.74 Å². The van der Waals surface area contributed by atoms with Gasteiger partial charge in [-0.25, -0.2) is 9.78 Å². The van der Waals surface area contributed by atoms with Gasteiger partial charge >= 0.3 is 12.3 Å². The van der Waals surface area contributed by atoms with Gasteiger partial charge in [0, 0.05) is 12.7 Å². The molecule has 23 heavy (non-hydrogen) atoms. The van der Waals surface area contributed by atoms with Gasteiger partial charge in [-0.2, -0.15) is 13.2 Å². The molecule has 3 rings (SSSR count). The molecule has 1 spiro atoms. The summed E-state index contributed by atoms with van der Waals surface area (Å²) in [7, 11) is 0. The van der Waals surface area contributed by atoms with Crippen molar-refractivity contribution in [2.24, 2.45) is 5.92 Å². The van der Waals surface area contributed by atoms with Crippen molar-refractivity contribution >= 4 is 11.9 Å². The lowest BCUT2D eigenvalue weighted by Crippen LogP contribution is -2.38. The molecular formula is C15H18F3N3O2. The average molecular weight is 329 g/mol. The smallest absolute Gasteiger partial charge is 0.417 e. The van der Waals surface area contributed by atoms with Crippen LogP contribution in [0.5, 0.6) is 0 Å². The maximum Gasteiger partial charge on any atom is 0.417 e. The molecule has 1 aliphatic carbocycles. The van der Waals surface area contributed by atoms with Crippen LogP contribution < -0.4 is 10.6 Å². The molecular weight excluding hydrogens is 311 g/mol. The number of alkyl carbamates (subject to hydrolysis) is 1. The molecule has 2 fully saturated rings. The van der Waals surface area contributed by atoms with Crippen molar-refractivity contribution in [3.8, 4) is 0 Å². The van der Waals surface area contributed by atoms with Crippen LogP contribution >= 0.6 is 0 Å². The van der Waals surface area contributed by atoms with Crippen LogP contribution in [-0.4, -0.2) is 29.8 Å². The first-order valence-corrected chi connectivity index (χ1v) is 7.60. The molecule has 1 aliphatic heterocycles. The number of nitrogens with one attached hydrogen (secondary N) is 2. The Kier molecular flexibility index (Phi) is 4.08. The highest BCUT2D eigenvalue weighted by Gasteiger charge is 2.43. The molecule has 2 heterocycles. The molecule has 1 aromatic rings. The van der Waals surface area contributed by atoms with Crippen LogP contribution in [0.25, 0.3) is 0 Å². The van der Waals surface area contributed by atoms with Gasteiger partial charge in [0.1, 0.15) is 11.4 Å². The molecule has 2 aliphatic rings. The van der Waals surface area contributed by atoms with E-state index < -0.39 is 11.7 Å². The Morgan fingerprint density at radius 1 is 1.35 bits per heavy atom. The quantitative estimate of drug-likeness (QED) is 0.894. The highest BCUT2D eigenvalue weighted by Crippen LogP contribution is 2.36. The zero-order valence-corrected chi connectivity index (χ0v) is 12.4. The number of hydrogen-bond acceptors (Lipinski definition) is 4. The minimum atomic E-state index is -4.37. The fourth-order valence-electron chi connectivity index (χ4n) is 3.10. The number of alkyl halides is 3. The van der Waals surface area contributed by atoms with Crippen LogP contribution in [0.4, 0.5) is 23.8 Å². The van der Waals surface area contributed by atoms with Crippen LogP contribution in [0.15, 0.2) is 18.3 Å². The lowest BCUT2D eigenvalue weighted by molar-refractivity contribution is -0.137. The molecule has 0 radical (unpaired) electrons. The first-order valence-electron chi connectivity index (χ1n) is 7.60.